The highest BCUT2D eigenvalue weighted by Gasteiger charge is 2.70. The van der Waals surface area contributed by atoms with Gasteiger partial charge in [-0.1, -0.05) is 48.0 Å². The quantitative estimate of drug-likeness (QED) is 0.644. The van der Waals surface area contributed by atoms with Gasteiger partial charge in [0.1, 0.15) is 5.54 Å². The Morgan fingerprint density at radius 1 is 1.06 bits per heavy atom. The molecule has 3 aliphatic heterocycles. The van der Waals surface area contributed by atoms with Gasteiger partial charge < -0.3 is 5.32 Å². The van der Waals surface area contributed by atoms with E-state index in [0.29, 0.717) is 13.0 Å². The third-order valence-corrected chi connectivity index (χ3v) is 8.00. The van der Waals surface area contributed by atoms with Crippen LogP contribution in [-0.2, 0) is 26.3 Å². The second-order valence-corrected chi connectivity index (χ2v) is 10.4. The van der Waals surface area contributed by atoms with Gasteiger partial charge in [0.2, 0.25) is 17.7 Å². The van der Waals surface area contributed by atoms with E-state index in [1.54, 1.807) is 11.8 Å². The number of amides is 3. The Kier molecular flexibility index (Phi) is 5.57. The van der Waals surface area contributed by atoms with Crippen molar-refractivity contribution in [2.75, 3.05) is 23.9 Å². The molecule has 2 fully saturated rings. The van der Waals surface area contributed by atoms with Crippen molar-refractivity contribution in [3.8, 4) is 0 Å². The van der Waals surface area contributed by atoms with Gasteiger partial charge in [-0.25, -0.2) is 0 Å². The third kappa shape index (κ3) is 3.32. The first-order valence-electron chi connectivity index (χ1n) is 11.5. The van der Waals surface area contributed by atoms with Crippen LogP contribution in [0.4, 0.5) is 5.69 Å². The minimum absolute atomic E-state index is 0.151. The molecule has 172 valence electrons. The summed E-state index contributed by atoms with van der Waals surface area (Å²) in [6, 6.07) is 13.7. The van der Waals surface area contributed by atoms with E-state index in [1.165, 1.54) is 4.90 Å². The standard InChI is InChI=1S/C26H29N3O3S/c1-15-13-16(2)22-18(14-15)26(25(32)27-22)21-20(19(28-26)10-12-33-3)23(30)29(24(21)31)11-9-17-7-5-4-6-8-17/h4-8,13-14,19-21,28H,9-12H2,1-3H3,(H,27,32)/t19-,20+,21-,26+/m0/s1. The summed E-state index contributed by atoms with van der Waals surface area (Å²) in [5.74, 6) is -1.01. The Balaban J connectivity index is 1.55. The van der Waals surface area contributed by atoms with E-state index in [1.807, 2.05) is 62.6 Å². The van der Waals surface area contributed by atoms with Crippen molar-refractivity contribution in [3.63, 3.8) is 0 Å². The Morgan fingerprint density at radius 2 is 1.82 bits per heavy atom. The number of carbonyl (C=O) groups excluding carboxylic acids is 3. The summed E-state index contributed by atoms with van der Waals surface area (Å²) in [4.78, 5) is 42.4. The lowest BCUT2D eigenvalue weighted by atomic mass is 9.76. The molecule has 2 aromatic carbocycles. The maximum atomic E-state index is 13.8. The molecule has 0 bridgehead atoms. The molecule has 6 nitrogen and oxygen atoms in total. The Morgan fingerprint density at radius 3 is 2.55 bits per heavy atom. The fourth-order valence-electron chi connectivity index (χ4n) is 5.92. The van der Waals surface area contributed by atoms with Crippen LogP contribution in [0, 0.1) is 25.7 Å². The molecule has 2 N–H and O–H groups in total. The number of aryl methyl sites for hydroxylation is 2. The van der Waals surface area contributed by atoms with Crippen molar-refractivity contribution in [2.45, 2.75) is 38.3 Å². The molecule has 1 spiro atoms. The molecule has 0 aromatic heterocycles. The van der Waals surface area contributed by atoms with E-state index in [9.17, 15) is 14.4 Å². The predicted molar refractivity (Wildman–Crippen MR) is 130 cm³/mol. The van der Waals surface area contributed by atoms with Gasteiger partial charge in [-0.2, -0.15) is 11.8 Å². The van der Waals surface area contributed by atoms with Crippen LogP contribution in [-0.4, -0.2) is 47.2 Å². The number of benzene rings is 2. The lowest BCUT2D eigenvalue weighted by Gasteiger charge is -2.30. The summed E-state index contributed by atoms with van der Waals surface area (Å²) >= 11 is 1.70. The summed E-state index contributed by atoms with van der Waals surface area (Å²) in [5, 5.41) is 6.56. The summed E-state index contributed by atoms with van der Waals surface area (Å²) in [6.45, 7) is 4.30. The Hall–Kier alpha value is -2.64. The van der Waals surface area contributed by atoms with Gasteiger partial charge in [0.05, 0.1) is 11.8 Å². The molecular formula is C26H29N3O3S. The molecule has 2 aromatic rings. The minimum atomic E-state index is -1.20. The van der Waals surface area contributed by atoms with Gasteiger partial charge >= 0.3 is 0 Å². The minimum Gasteiger partial charge on any atom is -0.324 e. The number of anilines is 1. The summed E-state index contributed by atoms with van der Waals surface area (Å²) in [6.07, 6.45) is 3.36. The highest BCUT2D eigenvalue weighted by atomic mass is 32.2. The van der Waals surface area contributed by atoms with E-state index in [4.69, 9.17) is 0 Å². The van der Waals surface area contributed by atoms with E-state index in [-0.39, 0.29) is 23.8 Å². The average molecular weight is 464 g/mol. The highest BCUT2D eigenvalue weighted by Crippen LogP contribution is 2.54. The molecule has 3 heterocycles. The van der Waals surface area contributed by atoms with Crippen molar-refractivity contribution in [1.82, 2.24) is 10.2 Å². The van der Waals surface area contributed by atoms with Gasteiger partial charge in [0, 0.05) is 23.8 Å². The molecule has 4 atom stereocenters. The van der Waals surface area contributed by atoms with Crippen LogP contribution in [0.2, 0.25) is 0 Å². The molecule has 0 saturated carbocycles. The van der Waals surface area contributed by atoms with Gasteiger partial charge in [0.25, 0.3) is 0 Å². The first-order valence-corrected chi connectivity index (χ1v) is 12.9. The molecule has 3 amide bonds. The normalized spacial score (nSPS) is 27.9. The highest BCUT2D eigenvalue weighted by molar-refractivity contribution is 7.98. The number of rotatable bonds is 6. The SMILES string of the molecule is CSCC[C@@H]1N[C@@]2(C(=O)Nc3c(C)cc(C)cc32)[C@@H]2C(=O)N(CCc3ccccc3)C(=O)[C@H]12. The molecule has 2 saturated heterocycles. The van der Waals surface area contributed by atoms with Crippen LogP contribution >= 0.6 is 11.8 Å². The predicted octanol–water partition coefficient (Wildman–Crippen LogP) is 3.02. The lowest BCUT2D eigenvalue weighted by molar-refractivity contribution is -0.142. The fraction of sp³-hybridized carbons (Fsp3) is 0.423. The fourth-order valence-corrected chi connectivity index (χ4v) is 6.41. The van der Waals surface area contributed by atoms with Crippen LogP contribution in [0.3, 0.4) is 0 Å². The number of thioether (sulfide) groups is 1. The van der Waals surface area contributed by atoms with Crippen LogP contribution in [0.5, 0.6) is 0 Å². The van der Waals surface area contributed by atoms with Crippen molar-refractivity contribution < 1.29 is 14.4 Å². The van der Waals surface area contributed by atoms with Gasteiger partial charge in [-0.3, -0.25) is 24.6 Å². The Bertz CT molecular complexity index is 1140. The Labute approximate surface area is 198 Å². The zero-order valence-corrected chi connectivity index (χ0v) is 20.0. The number of imide groups is 1. The number of nitrogens with zero attached hydrogens (tertiary/aromatic N) is 1. The van der Waals surface area contributed by atoms with E-state index < -0.39 is 17.4 Å². The first kappa shape index (κ1) is 22.2. The van der Waals surface area contributed by atoms with Gasteiger partial charge in [-0.15, -0.1) is 0 Å². The molecule has 3 aliphatic rings. The zero-order valence-electron chi connectivity index (χ0n) is 19.2. The monoisotopic (exact) mass is 463 g/mol. The van der Waals surface area contributed by atoms with Crippen molar-refractivity contribution in [2.24, 2.45) is 11.8 Å². The van der Waals surface area contributed by atoms with Gasteiger partial charge in [0.15, 0.2) is 0 Å². The van der Waals surface area contributed by atoms with Crippen LogP contribution in [0.1, 0.15) is 28.7 Å². The van der Waals surface area contributed by atoms with E-state index >= 15 is 0 Å². The average Bonchev–Trinajstić information content (AvgIpc) is 3.37. The molecule has 7 heteroatoms. The molecule has 0 aliphatic carbocycles. The maximum absolute atomic E-state index is 13.8. The van der Waals surface area contributed by atoms with Crippen LogP contribution in [0.25, 0.3) is 0 Å². The molecule has 5 rings (SSSR count). The number of hydrogen-bond acceptors (Lipinski definition) is 5. The third-order valence-electron chi connectivity index (χ3n) is 7.36. The van der Waals surface area contributed by atoms with Gasteiger partial charge in [-0.05, 0) is 49.8 Å². The molecule has 33 heavy (non-hydrogen) atoms. The number of hydrogen-bond donors (Lipinski definition) is 2. The number of fused-ring (bicyclic) bond motifs is 4. The second-order valence-electron chi connectivity index (χ2n) is 9.37. The number of carbonyl (C=O) groups is 3. The van der Waals surface area contributed by atoms with E-state index in [0.717, 1.165) is 40.1 Å². The largest absolute Gasteiger partial charge is 0.324 e. The zero-order chi connectivity index (χ0) is 23.3. The molecule has 0 unspecified atom stereocenters. The van der Waals surface area contributed by atoms with Crippen molar-refractivity contribution >= 4 is 35.2 Å². The molecule has 0 radical (unpaired) electrons. The topological polar surface area (TPSA) is 78.5 Å². The van der Waals surface area contributed by atoms with Crippen molar-refractivity contribution in [3.05, 3.63) is 64.7 Å². The summed E-state index contributed by atoms with van der Waals surface area (Å²) in [5.41, 5.74) is 3.46. The van der Waals surface area contributed by atoms with Crippen molar-refractivity contribution in [1.29, 1.82) is 0 Å². The smallest absolute Gasteiger partial charge is 0.250 e. The number of likely N-dealkylation sites (tertiary alicyclic amines) is 1. The maximum Gasteiger partial charge on any atom is 0.250 e. The lowest BCUT2D eigenvalue weighted by Crippen LogP contribution is -2.53. The summed E-state index contributed by atoms with van der Waals surface area (Å²) < 4.78 is 0. The van der Waals surface area contributed by atoms with E-state index in [2.05, 4.69) is 10.6 Å². The molecular weight excluding hydrogens is 434 g/mol. The summed E-state index contributed by atoms with van der Waals surface area (Å²) in [7, 11) is 0. The van der Waals surface area contributed by atoms with Crippen LogP contribution < -0.4 is 10.6 Å². The van der Waals surface area contributed by atoms with Crippen LogP contribution in [0.15, 0.2) is 42.5 Å². The second kappa shape index (κ2) is 8.29. The first-order chi connectivity index (χ1) is 15.9. The number of nitrogens with one attached hydrogen (secondary N) is 2.